The molecule has 0 bridgehead atoms. The Bertz CT molecular complexity index is 408. The number of nitro groups is 1. The van der Waals surface area contributed by atoms with E-state index in [1.165, 1.54) is 24.9 Å². The first kappa shape index (κ1) is 12.8. The molecule has 0 saturated heterocycles. The van der Waals surface area contributed by atoms with Gasteiger partial charge in [-0.05, 0) is 13.0 Å². The van der Waals surface area contributed by atoms with Crippen LogP contribution in [0.4, 0.5) is 11.4 Å². The lowest BCUT2D eigenvalue weighted by atomic mass is 10.3. The molecule has 0 radical (unpaired) electrons. The standard InChI is InChI=1S/C9H14N2O4P/c1-3-15-16(2,14)9-6-7(10)4-5-8(9)11(12)13/h4-6,14H,3,10H2,1-2H3/q+1. The summed E-state index contributed by atoms with van der Waals surface area (Å²) < 4.78 is 5.17. The van der Waals surface area contributed by atoms with Crippen LogP contribution in [0.15, 0.2) is 18.2 Å². The van der Waals surface area contributed by atoms with Crippen molar-refractivity contribution < 1.29 is 14.3 Å². The van der Waals surface area contributed by atoms with Gasteiger partial charge in [-0.15, -0.1) is 0 Å². The monoisotopic (exact) mass is 245 g/mol. The highest BCUT2D eigenvalue weighted by Gasteiger charge is 2.41. The number of rotatable bonds is 4. The van der Waals surface area contributed by atoms with Crippen LogP contribution < -0.4 is 11.0 Å². The molecule has 0 saturated carbocycles. The number of anilines is 1. The van der Waals surface area contributed by atoms with E-state index >= 15 is 0 Å². The molecule has 0 fully saturated rings. The fourth-order valence-electron chi connectivity index (χ4n) is 1.35. The molecule has 0 heterocycles. The van der Waals surface area contributed by atoms with Crippen molar-refractivity contribution >= 4 is 24.4 Å². The van der Waals surface area contributed by atoms with Gasteiger partial charge in [-0.25, -0.2) is 9.42 Å². The molecule has 0 aliphatic rings. The third kappa shape index (κ3) is 2.66. The summed E-state index contributed by atoms with van der Waals surface area (Å²) in [5, 5.41) is 11.0. The third-order valence-electron chi connectivity index (χ3n) is 2.02. The van der Waals surface area contributed by atoms with E-state index in [-0.39, 0.29) is 17.6 Å². The van der Waals surface area contributed by atoms with Crippen LogP contribution in [0.3, 0.4) is 0 Å². The molecule has 1 rings (SSSR count). The Morgan fingerprint density at radius 3 is 2.75 bits per heavy atom. The van der Waals surface area contributed by atoms with E-state index in [2.05, 4.69) is 0 Å². The van der Waals surface area contributed by atoms with Crippen LogP contribution in [-0.2, 0) is 4.52 Å². The Morgan fingerprint density at radius 1 is 1.62 bits per heavy atom. The summed E-state index contributed by atoms with van der Waals surface area (Å²) in [5.41, 5.74) is 5.74. The van der Waals surface area contributed by atoms with Crippen LogP contribution in [0.25, 0.3) is 0 Å². The predicted octanol–water partition coefficient (Wildman–Crippen LogP) is 1.31. The molecule has 0 amide bonds. The summed E-state index contributed by atoms with van der Waals surface area (Å²) in [4.78, 5) is 20.3. The molecule has 16 heavy (non-hydrogen) atoms. The molecule has 0 spiro atoms. The second-order valence-electron chi connectivity index (χ2n) is 3.30. The minimum atomic E-state index is -2.94. The van der Waals surface area contributed by atoms with E-state index in [9.17, 15) is 15.0 Å². The van der Waals surface area contributed by atoms with E-state index in [1.54, 1.807) is 6.92 Å². The zero-order valence-corrected chi connectivity index (χ0v) is 9.98. The lowest BCUT2D eigenvalue weighted by Crippen LogP contribution is -2.17. The van der Waals surface area contributed by atoms with Gasteiger partial charge < -0.3 is 5.73 Å². The smallest absolute Gasteiger partial charge is 0.316 e. The first-order valence-corrected chi connectivity index (χ1v) is 6.77. The van der Waals surface area contributed by atoms with E-state index in [4.69, 9.17) is 10.3 Å². The van der Waals surface area contributed by atoms with Crippen molar-refractivity contribution in [3.05, 3.63) is 28.3 Å². The number of hydrogen-bond donors (Lipinski definition) is 2. The molecule has 6 nitrogen and oxygen atoms in total. The first-order chi connectivity index (χ1) is 7.38. The Hall–Kier alpha value is -1.23. The van der Waals surface area contributed by atoms with E-state index in [0.29, 0.717) is 5.69 Å². The van der Waals surface area contributed by atoms with Crippen molar-refractivity contribution in [2.24, 2.45) is 0 Å². The fourth-order valence-corrected chi connectivity index (χ4v) is 2.96. The Labute approximate surface area is 93.7 Å². The number of nitrogen functional groups attached to an aromatic ring is 1. The van der Waals surface area contributed by atoms with Gasteiger partial charge in [-0.2, -0.15) is 0 Å². The Morgan fingerprint density at radius 2 is 2.25 bits per heavy atom. The lowest BCUT2D eigenvalue weighted by molar-refractivity contribution is -0.383. The Kier molecular flexibility index (Phi) is 3.80. The zero-order valence-electron chi connectivity index (χ0n) is 9.08. The van der Waals surface area contributed by atoms with Gasteiger partial charge in [0.25, 0.3) is 0 Å². The maximum absolute atomic E-state index is 10.8. The Balaban J connectivity index is 3.29. The predicted molar refractivity (Wildman–Crippen MR) is 63.8 cm³/mol. The van der Waals surface area contributed by atoms with Crippen LogP contribution in [0.5, 0.6) is 0 Å². The van der Waals surface area contributed by atoms with Gasteiger partial charge >= 0.3 is 13.4 Å². The lowest BCUT2D eigenvalue weighted by Gasteiger charge is -2.13. The van der Waals surface area contributed by atoms with E-state index in [1.807, 2.05) is 0 Å². The van der Waals surface area contributed by atoms with Crippen molar-refractivity contribution in [2.45, 2.75) is 6.92 Å². The SMILES string of the molecule is CCO[P+](C)(O)c1cc(N)ccc1[N+](=O)[O-]. The van der Waals surface area contributed by atoms with Crippen LogP contribution in [0.1, 0.15) is 6.92 Å². The maximum atomic E-state index is 10.8. The molecular formula is C9H14N2O4P+. The van der Waals surface area contributed by atoms with Crippen molar-refractivity contribution in [1.29, 1.82) is 0 Å². The van der Waals surface area contributed by atoms with Crippen LogP contribution in [0.2, 0.25) is 0 Å². The van der Waals surface area contributed by atoms with Gasteiger partial charge in [0.1, 0.15) is 6.66 Å². The van der Waals surface area contributed by atoms with Crippen LogP contribution in [-0.4, -0.2) is 23.1 Å². The van der Waals surface area contributed by atoms with E-state index in [0.717, 1.165) is 0 Å². The first-order valence-electron chi connectivity index (χ1n) is 4.66. The fraction of sp³-hybridized carbons (Fsp3) is 0.333. The number of hydrogen-bond acceptors (Lipinski definition) is 5. The molecule has 0 aliphatic heterocycles. The molecule has 1 atom stereocenters. The zero-order chi connectivity index (χ0) is 12.3. The summed E-state index contributed by atoms with van der Waals surface area (Å²) in [6.07, 6.45) is 0. The summed E-state index contributed by atoms with van der Waals surface area (Å²) in [6, 6.07) is 4.09. The number of benzene rings is 1. The maximum Gasteiger partial charge on any atom is 0.316 e. The third-order valence-corrected chi connectivity index (χ3v) is 4.04. The molecule has 3 N–H and O–H groups in total. The molecule has 1 unspecified atom stereocenters. The van der Waals surface area contributed by atoms with Gasteiger partial charge in [0.05, 0.1) is 11.5 Å². The average Bonchev–Trinajstić information content (AvgIpc) is 2.17. The highest BCUT2D eigenvalue weighted by Crippen LogP contribution is 2.52. The highest BCUT2D eigenvalue weighted by atomic mass is 31.2. The van der Waals surface area contributed by atoms with Crippen LogP contribution >= 0.6 is 7.72 Å². The molecule has 1 aromatic rings. The molecular weight excluding hydrogens is 231 g/mol. The second-order valence-corrected chi connectivity index (χ2v) is 5.80. The van der Waals surface area contributed by atoms with E-state index < -0.39 is 12.6 Å². The highest BCUT2D eigenvalue weighted by molar-refractivity contribution is 7.72. The van der Waals surface area contributed by atoms with Crippen LogP contribution in [0, 0.1) is 10.1 Å². The van der Waals surface area contributed by atoms with Crippen molar-refractivity contribution in [2.75, 3.05) is 19.0 Å². The molecule has 7 heteroatoms. The van der Waals surface area contributed by atoms with Gasteiger partial charge in [0.2, 0.25) is 5.30 Å². The summed E-state index contributed by atoms with van der Waals surface area (Å²) in [5.74, 6) is 0. The van der Waals surface area contributed by atoms with Gasteiger partial charge in [0.15, 0.2) is 0 Å². The van der Waals surface area contributed by atoms with Crippen molar-refractivity contribution in [3.8, 4) is 0 Å². The number of nitrogens with two attached hydrogens (primary N) is 1. The minimum absolute atomic E-state index is 0.166. The number of nitrogens with zero attached hydrogens (tertiary/aromatic N) is 1. The second kappa shape index (κ2) is 4.74. The molecule has 88 valence electrons. The summed E-state index contributed by atoms with van der Waals surface area (Å²) in [6.45, 7) is 3.46. The molecule has 1 aromatic carbocycles. The normalized spacial score (nSPS) is 14.4. The molecule has 0 aliphatic carbocycles. The number of nitro benzene ring substituents is 1. The summed E-state index contributed by atoms with van der Waals surface area (Å²) >= 11 is 0. The van der Waals surface area contributed by atoms with Crippen molar-refractivity contribution in [1.82, 2.24) is 0 Å². The minimum Gasteiger partial charge on any atom is -0.399 e. The largest absolute Gasteiger partial charge is 0.399 e. The van der Waals surface area contributed by atoms with Gasteiger partial charge in [-0.1, -0.05) is 0 Å². The summed E-state index contributed by atoms with van der Waals surface area (Å²) in [7, 11) is -2.94. The topological polar surface area (TPSA) is 98.6 Å². The quantitative estimate of drug-likeness (QED) is 0.360. The van der Waals surface area contributed by atoms with Gasteiger partial charge in [-0.3, -0.25) is 10.1 Å². The molecule has 0 aromatic heterocycles. The van der Waals surface area contributed by atoms with Crippen molar-refractivity contribution in [3.63, 3.8) is 0 Å². The van der Waals surface area contributed by atoms with Gasteiger partial charge in [0, 0.05) is 17.8 Å². The average molecular weight is 245 g/mol.